The van der Waals surface area contributed by atoms with E-state index in [1.807, 2.05) is 30.3 Å². The van der Waals surface area contributed by atoms with Crippen LogP contribution in [0.5, 0.6) is 11.5 Å². The van der Waals surface area contributed by atoms with Gasteiger partial charge in [0.1, 0.15) is 20.7 Å². The second-order valence-electron chi connectivity index (χ2n) is 6.81. The number of anilines is 4. The van der Waals surface area contributed by atoms with Crippen molar-refractivity contribution in [2.24, 2.45) is 0 Å². The van der Waals surface area contributed by atoms with Crippen molar-refractivity contribution < 1.29 is 14.3 Å². The maximum Gasteiger partial charge on any atom is 0.323 e. The maximum atomic E-state index is 11.8. The van der Waals surface area contributed by atoms with Gasteiger partial charge in [0.25, 0.3) is 0 Å². The lowest BCUT2D eigenvalue weighted by atomic mass is 10.3. The van der Waals surface area contributed by atoms with Gasteiger partial charge in [-0.25, -0.2) is 14.8 Å². The van der Waals surface area contributed by atoms with Crippen LogP contribution in [0.1, 0.15) is 0 Å². The van der Waals surface area contributed by atoms with E-state index in [1.165, 1.54) is 0 Å². The SMILES string of the molecule is COc1ccccc1N.COc1ccccc1NC(=O)Nc1ccc(Br)nc1.Nc1ccc(Br)nc1. The highest BCUT2D eigenvalue weighted by molar-refractivity contribution is 9.10. The first-order chi connectivity index (χ1) is 17.3. The van der Waals surface area contributed by atoms with E-state index in [4.69, 9.17) is 20.9 Å². The van der Waals surface area contributed by atoms with Crippen LogP contribution in [0.3, 0.4) is 0 Å². The molecule has 188 valence electrons. The minimum atomic E-state index is -0.353. The Morgan fingerprint density at radius 3 is 1.83 bits per heavy atom. The number of benzene rings is 2. The molecule has 6 N–H and O–H groups in total. The summed E-state index contributed by atoms with van der Waals surface area (Å²) >= 11 is 6.41. The molecule has 2 heterocycles. The van der Waals surface area contributed by atoms with Crippen molar-refractivity contribution in [3.63, 3.8) is 0 Å². The van der Waals surface area contributed by atoms with Crippen LogP contribution < -0.4 is 31.6 Å². The van der Waals surface area contributed by atoms with Gasteiger partial charge in [0.15, 0.2) is 0 Å². The molecule has 4 rings (SSSR count). The van der Waals surface area contributed by atoms with Gasteiger partial charge in [-0.15, -0.1) is 0 Å². The zero-order valence-corrected chi connectivity index (χ0v) is 22.8. The molecule has 0 bridgehead atoms. The predicted molar refractivity (Wildman–Crippen MR) is 151 cm³/mol. The van der Waals surface area contributed by atoms with E-state index >= 15 is 0 Å². The number of hydrogen-bond donors (Lipinski definition) is 4. The summed E-state index contributed by atoms with van der Waals surface area (Å²) in [7, 11) is 3.16. The summed E-state index contributed by atoms with van der Waals surface area (Å²) in [6.45, 7) is 0. The van der Waals surface area contributed by atoms with Gasteiger partial charge in [-0.2, -0.15) is 0 Å². The van der Waals surface area contributed by atoms with Crippen molar-refractivity contribution >= 4 is 60.6 Å². The molecular weight excluding hydrogens is 592 g/mol. The third-order valence-corrected chi connectivity index (χ3v) is 5.17. The fourth-order valence-electron chi connectivity index (χ4n) is 2.54. The van der Waals surface area contributed by atoms with Gasteiger partial charge in [0.05, 0.1) is 49.4 Å². The fourth-order valence-corrected chi connectivity index (χ4v) is 3.01. The second kappa shape index (κ2) is 15.2. The van der Waals surface area contributed by atoms with Crippen LogP contribution in [0, 0.1) is 0 Å². The Hall–Kier alpha value is -3.83. The highest BCUT2D eigenvalue weighted by Gasteiger charge is 2.06. The number of carbonyl (C=O) groups excluding carboxylic acids is 1. The van der Waals surface area contributed by atoms with Crippen molar-refractivity contribution in [1.29, 1.82) is 0 Å². The number of aromatic nitrogens is 2. The molecule has 0 atom stereocenters. The molecule has 0 spiro atoms. The summed E-state index contributed by atoms with van der Waals surface area (Å²) in [5.41, 5.74) is 13.4. The van der Waals surface area contributed by atoms with Crippen LogP contribution in [0.2, 0.25) is 0 Å². The molecule has 0 radical (unpaired) electrons. The molecule has 0 aliphatic carbocycles. The third kappa shape index (κ3) is 10.2. The number of hydrogen-bond acceptors (Lipinski definition) is 7. The first-order valence-electron chi connectivity index (χ1n) is 10.4. The number of ether oxygens (including phenoxy) is 2. The lowest BCUT2D eigenvalue weighted by molar-refractivity contribution is 0.262. The molecule has 0 aliphatic rings. The summed E-state index contributed by atoms with van der Waals surface area (Å²) in [6, 6.07) is 21.3. The van der Waals surface area contributed by atoms with E-state index in [0.29, 0.717) is 33.1 Å². The summed E-state index contributed by atoms with van der Waals surface area (Å²) in [6.07, 6.45) is 3.16. The monoisotopic (exact) mass is 616 g/mol. The van der Waals surface area contributed by atoms with Gasteiger partial charge in [0.2, 0.25) is 0 Å². The molecule has 0 unspecified atom stereocenters. The highest BCUT2D eigenvalue weighted by Crippen LogP contribution is 2.23. The van der Waals surface area contributed by atoms with Crippen molar-refractivity contribution in [2.45, 2.75) is 0 Å². The molecular formula is C25H26Br2N6O3. The normalized spacial score (nSPS) is 9.44. The number of carbonyl (C=O) groups is 1. The van der Waals surface area contributed by atoms with E-state index in [-0.39, 0.29) is 6.03 Å². The maximum absolute atomic E-state index is 11.8. The topological polar surface area (TPSA) is 137 Å². The summed E-state index contributed by atoms with van der Waals surface area (Å²) in [5.74, 6) is 1.34. The number of pyridine rings is 2. The van der Waals surface area contributed by atoms with E-state index in [1.54, 1.807) is 69.1 Å². The number of halogens is 2. The van der Waals surface area contributed by atoms with Crippen LogP contribution >= 0.6 is 31.9 Å². The molecule has 9 nitrogen and oxygen atoms in total. The highest BCUT2D eigenvalue weighted by atomic mass is 79.9. The summed E-state index contributed by atoms with van der Waals surface area (Å²) in [4.78, 5) is 19.7. The molecule has 4 aromatic rings. The Morgan fingerprint density at radius 1 is 0.750 bits per heavy atom. The van der Waals surface area contributed by atoms with Gasteiger partial charge in [-0.1, -0.05) is 24.3 Å². The fraction of sp³-hybridized carbons (Fsp3) is 0.0800. The van der Waals surface area contributed by atoms with Gasteiger partial charge < -0.3 is 31.6 Å². The van der Waals surface area contributed by atoms with Gasteiger partial charge in [0, 0.05) is 0 Å². The Balaban J connectivity index is 0.000000221. The molecule has 0 aliphatic heterocycles. The summed E-state index contributed by atoms with van der Waals surface area (Å²) in [5, 5.41) is 5.39. The third-order valence-electron chi connectivity index (χ3n) is 4.23. The van der Waals surface area contributed by atoms with Crippen LogP contribution in [-0.2, 0) is 0 Å². The van der Waals surface area contributed by atoms with E-state index < -0.39 is 0 Å². The van der Waals surface area contributed by atoms with Crippen LogP contribution in [0.15, 0.2) is 94.4 Å². The van der Waals surface area contributed by atoms with E-state index in [0.717, 1.165) is 10.4 Å². The zero-order chi connectivity index (χ0) is 26.3. The van der Waals surface area contributed by atoms with E-state index in [2.05, 4.69) is 52.5 Å². The smallest absolute Gasteiger partial charge is 0.323 e. The van der Waals surface area contributed by atoms with Gasteiger partial charge in [-0.3, -0.25) is 0 Å². The zero-order valence-electron chi connectivity index (χ0n) is 19.6. The molecule has 0 fully saturated rings. The minimum Gasteiger partial charge on any atom is -0.495 e. The first-order valence-corrected chi connectivity index (χ1v) is 12.0. The number of nitrogens with two attached hydrogens (primary N) is 2. The molecule has 2 aromatic carbocycles. The number of amides is 2. The average molecular weight is 618 g/mol. The average Bonchev–Trinajstić information content (AvgIpc) is 2.88. The Morgan fingerprint density at radius 2 is 1.33 bits per heavy atom. The first kappa shape index (κ1) is 28.4. The molecule has 0 saturated carbocycles. The Bertz CT molecular complexity index is 1200. The molecule has 2 amide bonds. The van der Waals surface area contributed by atoms with Crippen LogP contribution in [0.25, 0.3) is 0 Å². The number of urea groups is 1. The standard InChI is InChI=1S/C13H12BrN3O2.C7H9NO.C5H5BrN2/c1-19-11-5-3-2-4-10(11)17-13(18)16-9-6-7-12(14)15-8-9;1-9-7-5-3-2-4-6(7)8;6-5-2-1-4(7)3-8-5/h2-8H,1H3,(H2,16,17,18);2-5H,8H2,1H3;1-3H,7H2. The number of nitrogens with one attached hydrogen (secondary N) is 2. The molecule has 36 heavy (non-hydrogen) atoms. The van der Waals surface area contributed by atoms with Crippen molar-refractivity contribution in [3.8, 4) is 11.5 Å². The molecule has 2 aromatic heterocycles. The lowest BCUT2D eigenvalue weighted by Crippen LogP contribution is -2.19. The number of methoxy groups -OCH3 is 2. The van der Waals surface area contributed by atoms with Gasteiger partial charge >= 0.3 is 6.03 Å². The lowest BCUT2D eigenvalue weighted by Gasteiger charge is -2.10. The van der Waals surface area contributed by atoms with Crippen molar-refractivity contribution in [2.75, 3.05) is 36.3 Å². The second-order valence-corrected chi connectivity index (χ2v) is 8.43. The number of rotatable bonds is 4. The minimum absolute atomic E-state index is 0.353. The largest absolute Gasteiger partial charge is 0.495 e. The van der Waals surface area contributed by atoms with Crippen LogP contribution in [-0.4, -0.2) is 30.2 Å². The van der Waals surface area contributed by atoms with Crippen molar-refractivity contribution in [3.05, 3.63) is 94.4 Å². The Labute approximate surface area is 226 Å². The Kier molecular flexibility index (Phi) is 12.0. The van der Waals surface area contributed by atoms with E-state index in [9.17, 15) is 4.79 Å². The summed E-state index contributed by atoms with van der Waals surface area (Å²) < 4.78 is 11.6. The van der Waals surface area contributed by atoms with Gasteiger partial charge in [-0.05, 0) is 80.4 Å². The molecule has 0 saturated heterocycles. The van der Waals surface area contributed by atoms with Crippen molar-refractivity contribution in [1.82, 2.24) is 9.97 Å². The number of nitrogens with zero attached hydrogens (tertiary/aromatic N) is 2. The predicted octanol–water partition coefficient (Wildman–Crippen LogP) is 6.20. The van der Waals surface area contributed by atoms with Crippen LogP contribution in [0.4, 0.5) is 27.5 Å². The quantitative estimate of drug-likeness (QED) is 0.158. The molecule has 11 heteroatoms. The number of nitrogen functional groups attached to an aromatic ring is 2. The number of para-hydroxylation sites is 4.